The number of nitrogens with one attached hydrogen (secondary N) is 1. The Bertz CT molecular complexity index is 389. The molecule has 1 aliphatic carbocycles. The number of aliphatic hydroxyl groups is 1. The van der Waals surface area contributed by atoms with Crippen molar-refractivity contribution in [2.45, 2.75) is 39.5 Å². The van der Waals surface area contributed by atoms with Gasteiger partial charge in [0, 0.05) is 18.8 Å². The molecule has 0 heterocycles. The van der Waals surface area contributed by atoms with Gasteiger partial charge in [-0.2, -0.15) is 0 Å². The van der Waals surface area contributed by atoms with Crippen molar-refractivity contribution in [3.63, 3.8) is 0 Å². The number of benzene rings is 1. The van der Waals surface area contributed by atoms with Crippen molar-refractivity contribution < 1.29 is 5.11 Å². The van der Waals surface area contributed by atoms with Gasteiger partial charge >= 0.3 is 0 Å². The fraction of sp³-hybridized carbons (Fsp3) is 0.625. The van der Waals surface area contributed by atoms with E-state index in [-0.39, 0.29) is 0 Å². The minimum atomic E-state index is 0.346. The van der Waals surface area contributed by atoms with Crippen LogP contribution in [0.15, 0.2) is 18.2 Å². The van der Waals surface area contributed by atoms with Crippen LogP contribution in [0.3, 0.4) is 0 Å². The molecule has 0 aliphatic heterocycles. The molecule has 2 nitrogen and oxygen atoms in total. The van der Waals surface area contributed by atoms with Gasteiger partial charge in [0.1, 0.15) is 0 Å². The largest absolute Gasteiger partial charge is 0.396 e. The maximum absolute atomic E-state index is 9.42. The van der Waals surface area contributed by atoms with Crippen molar-refractivity contribution >= 4 is 5.69 Å². The van der Waals surface area contributed by atoms with E-state index in [9.17, 15) is 5.11 Å². The molecule has 1 aromatic carbocycles. The molecule has 2 atom stereocenters. The van der Waals surface area contributed by atoms with Crippen LogP contribution in [0, 0.1) is 25.7 Å². The molecular weight excluding hydrogens is 222 g/mol. The fourth-order valence-corrected chi connectivity index (χ4v) is 3.05. The first kappa shape index (κ1) is 13.4. The molecule has 0 amide bonds. The predicted molar refractivity (Wildman–Crippen MR) is 76.9 cm³/mol. The first-order chi connectivity index (χ1) is 8.70. The number of rotatable bonds is 4. The molecular formula is C16H25NO. The van der Waals surface area contributed by atoms with Gasteiger partial charge in [0.2, 0.25) is 0 Å². The Labute approximate surface area is 110 Å². The van der Waals surface area contributed by atoms with E-state index in [4.69, 9.17) is 0 Å². The number of aryl methyl sites for hydroxylation is 2. The number of hydrogen-bond donors (Lipinski definition) is 2. The van der Waals surface area contributed by atoms with Crippen LogP contribution in [0.4, 0.5) is 5.69 Å². The van der Waals surface area contributed by atoms with E-state index in [1.807, 2.05) is 0 Å². The summed E-state index contributed by atoms with van der Waals surface area (Å²) >= 11 is 0. The van der Waals surface area contributed by atoms with E-state index in [0.29, 0.717) is 18.4 Å². The van der Waals surface area contributed by atoms with Crippen LogP contribution in [0.1, 0.15) is 36.8 Å². The van der Waals surface area contributed by atoms with Crippen molar-refractivity contribution in [3.05, 3.63) is 29.3 Å². The molecule has 2 heteroatoms. The van der Waals surface area contributed by atoms with Gasteiger partial charge in [-0.25, -0.2) is 0 Å². The molecule has 0 bridgehead atoms. The molecule has 2 N–H and O–H groups in total. The van der Waals surface area contributed by atoms with Crippen molar-refractivity contribution in [3.8, 4) is 0 Å². The minimum Gasteiger partial charge on any atom is -0.396 e. The Kier molecular flexibility index (Phi) is 4.65. The van der Waals surface area contributed by atoms with E-state index in [2.05, 4.69) is 37.4 Å². The van der Waals surface area contributed by atoms with Gasteiger partial charge < -0.3 is 10.4 Å². The van der Waals surface area contributed by atoms with Gasteiger partial charge in [0.05, 0.1) is 0 Å². The van der Waals surface area contributed by atoms with Gasteiger partial charge in [-0.15, -0.1) is 0 Å². The van der Waals surface area contributed by atoms with Crippen LogP contribution < -0.4 is 5.32 Å². The van der Waals surface area contributed by atoms with E-state index < -0.39 is 0 Å². The quantitative estimate of drug-likeness (QED) is 0.853. The Hall–Kier alpha value is -1.02. The zero-order valence-corrected chi connectivity index (χ0v) is 11.6. The predicted octanol–water partition coefficient (Wildman–Crippen LogP) is 3.51. The Morgan fingerprint density at radius 3 is 2.56 bits per heavy atom. The van der Waals surface area contributed by atoms with Gasteiger partial charge in [0.15, 0.2) is 0 Å². The normalized spacial score (nSPS) is 23.9. The topological polar surface area (TPSA) is 32.3 Å². The van der Waals surface area contributed by atoms with Crippen LogP contribution in [-0.4, -0.2) is 18.3 Å². The second kappa shape index (κ2) is 6.24. The van der Waals surface area contributed by atoms with Gasteiger partial charge in [-0.05, 0) is 50.2 Å². The summed E-state index contributed by atoms with van der Waals surface area (Å²) in [7, 11) is 0. The average Bonchev–Trinajstić information content (AvgIpc) is 2.38. The average molecular weight is 247 g/mol. The summed E-state index contributed by atoms with van der Waals surface area (Å²) in [6.07, 6.45) is 5.04. The number of aliphatic hydroxyl groups excluding tert-OH is 1. The third-order valence-corrected chi connectivity index (χ3v) is 4.24. The van der Waals surface area contributed by atoms with Crippen molar-refractivity contribution in [2.75, 3.05) is 18.5 Å². The third kappa shape index (κ3) is 3.26. The standard InChI is InChI=1S/C16H25NO/c1-12-7-8-16(13(2)9-12)17-10-14-5-3-4-6-15(14)11-18/h7-9,14-15,17-18H,3-6,10-11H2,1-2H3. The second-order valence-electron chi connectivity index (χ2n) is 5.69. The molecule has 0 spiro atoms. The molecule has 100 valence electrons. The first-order valence-corrected chi connectivity index (χ1v) is 7.12. The van der Waals surface area contributed by atoms with Gasteiger partial charge in [-0.1, -0.05) is 30.5 Å². The monoisotopic (exact) mass is 247 g/mol. The summed E-state index contributed by atoms with van der Waals surface area (Å²) in [4.78, 5) is 0. The number of anilines is 1. The Balaban J connectivity index is 1.93. The highest BCUT2D eigenvalue weighted by Crippen LogP contribution is 2.30. The van der Waals surface area contributed by atoms with Crippen LogP contribution >= 0.6 is 0 Å². The van der Waals surface area contributed by atoms with Crippen LogP contribution in [-0.2, 0) is 0 Å². The smallest absolute Gasteiger partial charge is 0.0462 e. The summed E-state index contributed by atoms with van der Waals surface area (Å²) in [5.74, 6) is 1.13. The lowest BCUT2D eigenvalue weighted by Gasteiger charge is -2.30. The van der Waals surface area contributed by atoms with Crippen molar-refractivity contribution in [2.24, 2.45) is 11.8 Å². The van der Waals surface area contributed by atoms with Crippen molar-refractivity contribution in [1.29, 1.82) is 0 Å². The van der Waals surface area contributed by atoms with Gasteiger partial charge in [-0.3, -0.25) is 0 Å². The molecule has 2 unspecified atom stereocenters. The number of hydrogen-bond acceptors (Lipinski definition) is 2. The van der Waals surface area contributed by atoms with E-state index in [1.54, 1.807) is 0 Å². The molecule has 18 heavy (non-hydrogen) atoms. The lowest BCUT2D eigenvalue weighted by Crippen LogP contribution is -2.28. The lowest BCUT2D eigenvalue weighted by atomic mass is 9.79. The zero-order chi connectivity index (χ0) is 13.0. The minimum absolute atomic E-state index is 0.346. The second-order valence-corrected chi connectivity index (χ2v) is 5.69. The summed E-state index contributed by atoms with van der Waals surface area (Å²) in [5, 5.41) is 13.0. The van der Waals surface area contributed by atoms with E-state index >= 15 is 0 Å². The first-order valence-electron chi connectivity index (χ1n) is 7.12. The van der Waals surface area contributed by atoms with Crippen molar-refractivity contribution in [1.82, 2.24) is 0 Å². The highest BCUT2D eigenvalue weighted by Gasteiger charge is 2.24. The maximum Gasteiger partial charge on any atom is 0.0462 e. The summed E-state index contributed by atoms with van der Waals surface area (Å²) in [6, 6.07) is 6.54. The summed E-state index contributed by atoms with van der Waals surface area (Å²) in [5.41, 5.74) is 3.86. The molecule has 1 aliphatic rings. The Morgan fingerprint density at radius 2 is 1.89 bits per heavy atom. The molecule has 0 saturated heterocycles. The highest BCUT2D eigenvalue weighted by atomic mass is 16.3. The molecule has 1 fully saturated rings. The molecule has 1 aromatic rings. The maximum atomic E-state index is 9.42. The lowest BCUT2D eigenvalue weighted by molar-refractivity contribution is 0.141. The van der Waals surface area contributed by atoms with Gasteiger partial charge in [0.25, 0.3) is 0 Å². The molecule has 0 aromatic heterocycles. The molecule has 1 saturated carbocycles. The Morgan fingerprint density at radius 1 is 1.17 bits per heavy atom. The zero-order valence-electron chi connectivity index (χ0n) is 11.6. The molecule has 2 rings (SSSR count). The third-order valence-electron chi connectivity index (χ3n) is 4.24. The fourth-order valence-electron chi connectivity index (χ4n) is 3.05. The van der Waals surface area contributed by atoms with E-state index in [0.717, 1.165) is 6.54 Å². The molecule has 0 radical (unpaired) electrons. The SMILES string of the molecule is Cc1ccc(NCC2CCCCC2CO)c(C)c1. The van der Waals surface area contributed by atoms with Crippen LogP contribution in [0.2, 0.25) is 0 Å². The van der Waals surface area contributed by atoms with Crippen LogP contribution in [0.25, 0.3) is 0 Å². The summed E-state index contributed by atoms with van der Waals surface area (Å²) < 4.78 is 0. The highest BCUT2D eigenvalue weighted by molar-refractivity contribution is 5.51. The van der Waals surface area contributed by atoms with E-state index in [1.165, 1.54) is 42.5 Å². The van der Waals surface area contributed by atoms with Crippen LogP contribution in [0.5, 0.6) is 0 Å². The summed E-state index contributed by atoms with van der Waals surface area (Å²) in [6.45, 7) is 5.62.